The molecule has 1 saturated heterocycles. The number of carbonyl (C=O) groups is 2. The molecule has 1 heterocycles. The lowest BCUT2D eigenvalue weighted by Crippen LogP contribution is -2.27. The Bertz CT molecular complexity index is 682. The van der Waals surface area contributed by atoms with E-state index in [9.17, 15) is 4.79 Å². The van der Waals surface area contributed by atoms with Crippen LogP contribution in [0.3, 0.4) is 0 Å². The molecule has 24 heavy (non-hydrogen) atoms. The number of halogens is 1. The SMILES string of the molecule is C=O.O=C1OCCC1NSc1ccc(Nc2cccc(Cl)c2)cc1. The molecule has 2 N–H and O–H groups in total. The van der Waals surface area contributed by atoms with Gasteiger partial charge in [-0.1, -0.05) is 17.7 Å². The van der Waals surface area contributed by atoms with E-state index in [0.29, 0.717) is 11.6 Å². The molecule has 0 spiro atoms. The summed E-state index contributed by atoms with van der Waals surface area (Å²) >= 11 is 7.40. The molecule has 1 aliphatic rings. The third-order valence-electron chi connectivity index (χ3n) is 3.22. The number of esters is 1. The fourth-order valence-corrected chi connectivity index (χ4v) is 3.04. The van der Waals surface area contributed by atoms with Gasteiger partial charge in [0.05, 0.1) is 6.61 Å². The van der Waals surface area contributed by atoms with Crippen LogP contribution < -0.4 is 10.0 Å². The van der Waals surface area contributed by atoms with Crippen molar-refractivity contribution in [1.82, 2.24) is 4.72 Å². The van der Waals surface area contributed by atoms with E-state index in [4.69, 9.17) is 21.1 Å². The van der Waals surface area contributed by atoms with E-state index < -0.39 is 0 Å². The van der Waals surface area contributed by atoms with Crippen molar-refractivity contribution in [2.45, 2.75) is 17.4 Å². The summed E-state index contributed by atoms with van der Waals surface area (Å²) in [6.07, 6.45) is 0.722. The van der Waals surface area contributed by atoms with Crippen LogP contribution in [-0.2, 0) is 14.3 Å². The average Bonchev–Trinajstić information content (AvgIpc) is 3.01. The predicted molar refractivity (Wildman–Crippen MR) is 96.7 cm³/mol. The third-order valence-corrected chi connectivity index (χ3v) is 4.37. The van der Waals surface area contributed by atoms with E-state index in [1.165, 1.54) is 11.9 Å². The quantitative estimate of drug-likeness (QED) is 0.621. The maximum Gasteiger partial charge on any atom is 0.324 e. The van der Waals surface area contributed by atoms with Crippen molar-refractivity contribution < 1.29 is 14.3 Å². The maximum atomic E-state index is 11.4. The normalized spacial score (nSPS) is 16.0. The van der Waals surface area contributed by atoms with Crippen LogP contribution in [0.1, 0.15) is 6.42 Å². The van der Waals surface area contributed by atoms with Crippen LogP contribution in [0.25, 0.3) is 0 Å². The number of anilines is 2. The second-order valence-corrected chi connectivity index (χ2v) is 6.24. The summed E-state index contributed by atoms with van der Waals surface area (Å²) in [7, 11) is 0. The lowest BCUT2D eigenvalue weighted by molar-refractivity contribution is -0.139. The van der Waals surface area contributed by atoms with Crippen molar-refractivity contribution in [2.24, 2.45) is 0 Å². The number of hydrogen-bond donors (Lipinski definition) is 2. The summed E-state index contributed by atoms with van der Waals surface area (Å²) in [5, 5.41) is 3.99. The summed E-state index contributed by atoms with van der Waals surface area (Å²) in [5.74, 6) is -0.174. The van der Waals surface area contributed by atoms with E-state index in [1.54, 1.807) is 0 Å². The molecule has 0 bridgehead atoms. The first-order chi connectivity index (χ1) is 11.7. The number of hydrogen-bond acceptors (Lipinski definition) is 6. The second-order valence-electron chi connectivity index (χ2n) is 4.89. The van der Waals surface area contributed by atoms with E-state index in [0.717, 1.165) is 22.7 Å². The molecule has 2 aromatic carbocycles. The van der Waals surface area contributed by atoms with Crippen molar-refractivity contribution in [1.29, 1.82) is 0 Å². The molecule has 0 aliphatic carbocycles. The monoisotopic (exact) mass is 364 g/mol. The maximum absolute atomic E-state index is 11.4. The van der Waals surface area contributed by atoms with Crippen molar-refractivity contribution >= 4 is 47.7 Å². The zero-order valence-electron chi connectivity index (χ0n) is 12.8. The molecule has 1 aliphatic heterocycles. The minimum absolute atomic E-state index is 0.174. The molecule has 5 nitrogen and oxygen atoms in total. The van der Waals surface area contributed by atoms with Crippen molar-refractivity contribution in [3.63, 3.8) is 0 Å². The van der Waals surface area contributed by atoms with Crippen molar-refractivity contribution in [3.8, 4) is 0 Å². The van der Waals surface area contributed by atoms with Crippen LogP contribution >= 0.6 is 23.5 Å². The molecule has 0 amide bonds. The Morgan fingerprint density at radius 2 is 1.88 bits per heavy atom. The minimum atomic E-state index is -0.214. The lowest BCUT2D eigenvalue weighted by Gasteiger charge is -2.09. The van der Waals surface area contributed by atoms with Gasteiger partial charge in [-0.25, -0.2) is 4.72 Å². The summed E-state index contributed by atoms with van der Waals surface area (Å²) in [6.45, 7) is 2.50. The third kappa shape index (κ3) is 5.26. The van der Waals surface area contributed by atoms with Crippen molar-refractivity contribution in [3.05, 3.63) is 53.6 Å². The molecule has 1 fully saturated rings. The van der Waals surface area contributed by atoms with Gasteiger partial charge in [-0.05, 0) is 54.4 Å². The van der Waals surface area contributed by atoms with Gasteiger partial charge in [0.2, 0.25) is 0 Å². The Hall–Kier alpha value is -2.02. The molecule has 0 aromatic heterocycles. The molecule has 2 aromatic rings. The zero-order valence-corrected chi connectivity index (χ0v) is 14.4. The fourth-order valence-electron chi connectivity index (χ4n) is 2.08. The van der Waals surface area contributed by atoms with Crippen LogP contribution in [0.5, 0.6) is 0 Å². The Kier molecular flexibility index (Phi) is 7.11. The summed E-state index contributed by atoms with van der Waals surface area (Å²) < 4.78 is 8.04. The zero-order chi connectivity index (χ0) is 17.4. The average molecular weight is 365 g/mol. The number of rotatable bonds is 5. The highest BCUT2D eigenvalue weighted by Crippen LogP contribution is 2.23. The molecule has 126 valence electrons. The summed E-state index contributed by atoms with van der Waals surface area (Å²) in [6, 6.07) is 15.3. The van der Waals surface area contributed by atoms with Crippen LogP contribution in [0, 0.1) is 0 Å². The first-order valence-electron chi connectivity index (χ1n) is 7.21. The van der Waals surface area contributed by atoms with Crippen LogP contribution in [0.15, 0.2) is 53.4 Å². The highest BCUT2D eigenvalue weighted by Gasteiger charge is 2.25. The van der Waals surface area contributed by atoms with Gasteiger partial charge < -0.3 is 14.8 Å². The highest BCUT2D eigenvalue weighted by atomic mass is 35.5. The molecule has 1 unspecified atom stereocenters. The Balaban J connectivity index is 0.00000100. The summed E-state index contributed by atoms with van der Waals surface area (Å²) in [4.78, 5) is 20.4. The van der Waals surface area contributed by atoms with Crippen LogP contribution in [0.2, 0.25) is 5.02 Å². The van der Waals surface area contributed by atoms with Crippen LogP contribution in [0.4, 0.5) is 11.4 Å². The number of cyclic esters (lactones) is 1. The van der Waals surface area contributed by atoms with Gasteiger partial charge >= 0.3 is 5.97 Å². The van der Waals surface area contributed by atoms with Crippen molar-refractivity contribution in [2.75, 3.05) is 11.9 Å². The van der Waals surface area contributed by atoms with E-state index in [2.05, 4.69) is 10.0 Å². The highest BCUT2D eigenvalue weighted by molar-refractivity contribution is 7.97. The minimum Gasteiger partial charge on any atom is -0.464 e. The Morgan fingerprint density at radius 3 is 2.50 bits per heavy atom. The Labute approximate surface area is 149 Å². The first-order valence-corrected chi connectivity index (χ1v) is 8.41. The smallest absolute Gasteiger partial charge is 0.324 e. The Morgan fingerprint density at radius 1 is 1.12 bits per heavy atom. The van der Waals surface area contributed by atoms with Gasteiger partial charge in [-0.3, -0.25) is 4.79 Å². The molecular weight excluding hydrogens is 348 g/mol. The topological polar surface area (TPSA) is 67.4 Å². The lowest BCUT2D eigenvalue weighted by atomic mass is 10.3. The van der Waals surface area contributed by atoms with Gasteiger partial charge in [-0.15, -0.1) is 0 Å². The number of carbonyl (C=O) groups excluding carboxylic acids is 2. The molecule has 7 heteroatoms. The first kappa shape index (κ1) is 18.3. The van der Waals surface area contributed by atoms with Gasteiger partial charge in [0, 0.05) is 27.7 Å². The summed E-state index contributed by atoms with van der Waals surface area (Å²) in [5.41, 5.74) is 1.92. The number of ether oxygens (including phenoxy) is 1. The van der Waals surface area contributed by atoms with Crippen LogP contribution in [-0.4, -0.2) is 25.4 Å². The largest absolute Gasteiger partial charge is 0.464 e. The standard InChI is InChI=1S/C16H15ClN2O2S.CH2O/c17-11-2-1-3-13(10-11)18-12-4-6-14(7-5-12)22-19-15-8-9-21-16(15)20;1-2/h1-7,10,15,18-19H,8-9H2;1H2. The molecule has 0 radical (unpaired) electrons. The number of nitrogens with one attached hydrogen (secondary N) is 2. The number of benzene rings is 2. The molecular formula is C17H17ClN2O3S. The van der Waals surface area contributed by atoms with E-state index in [1.807, 2.05) is 55.3 Å². The molecule has 0 saturated carbocycles. The second kappa shape index (κ2) is 9.32. The predicted octanol–water partition coefficient (Wildman–Crippen LogP) is 3.81. The van der Waals surface area contributed by atoms with Gasteiger partial charge in [0.1, 0.15) is 12.8 Å². The van der Waals surface area contributed by atoms with Gasteiger partial charge in [0.15, 0.2) is 0 Å². The van der Waals surface area contributed by atoms with E-state index in [-0.39, 0.29) is 12.0 Å². The molecule has 1 atom stereocenters. The van der Waals surface area contributed by atoms with Gasteiger partial charge in [0.25, 0.3) is 0 Å². The van der Waals surface area contributed by atoms with E-state index >= 15 is 0 Å². The van der Waals surface area contributed by atoms with Gasteiger partial charge in [-0.2, -0.15) is 0 Å². The fraction of sp³-hybridized carbons (Fsp3) is 0.176. The molecule has 3 rings (SSSR count).